The molecule has 0 radical (unpaired) electrons. The van der Waals surface area contributed by atoms with Gasteiger partial charge >= 0.3 is 5.97 Å². The minimum atomic E-state index is -0.514. The molecular formula is C15H18N4O4. The van der Waals surface area contributed by atoms with Crippen molar-refractivity contribution in [3.05, 3.63) is 40.2 Å². The summed E-state index contributed by atoms with van der Waals surface area (Å²) < 4.78 is 5.22. The summed E-state index contributed by atoms with van der Waals surface area (Å²) in [4.78, 5) is 26.1. The Kier molecular flexibility index (Phi) is 4.73. The maximum absolute atomic E-state index is 11.7. The molecule has 0 aliphatic heterocycles. The van der Waals surface area contributed by atoms with Crippen LogP contribution in [0, 0.1) is 10.1 Å². The molecule has 0 atom stereocenters. The fourth-order valence-electron chi connectivity index (χ4n) is 1.88. The average molecular weight is 318 g/mol. The second-order valence-electron chi connectivity index (χ2n) is 5.99. The second kappa shape index (κ2) is 6.55. The highest BCUT2D eigenvalue weighted by atomic mass is 16.6. The van der Waals surface area contributed by atoms with Gasteiger partial charge in [0.05, 0.1) is 11.3 Å². The monoisotopic (exact) mass is 318 g/mol. The minimum absolute atomic E-state index is 0.0124. The number of aromatic amines is 1. The lowest BCUT2D eigenvalue weighted by Gasteiger charge is -2.19. The van der Waals surface area contributed by atoms with Crippen LogP contribution in [0.2, 0.25) is 0 Å². The van der Waals surface area contributed by atoms with Crippen LogP contribution in [-0.2, 0) is 16.0 Å². The van der Waals surface area contributed by atoms with Crippen LogP contribution in [0.4, 0.5) is 5.69 Å². The quantitative estimate of drug-likeness (QED) is 0.515. The van der Waals surface area contributed by atoms with Gasteiger partial charge in [0, 0.05) is 24.1 Å². The third-order valence-corrected chi connectivity index (χ3v) is 2.86. The Morgan fingerprint density at radius 1 is 1.30 bits per heavy atom. The molecule has 2 aromatic rings. The highest BCUT2D eigenvalue weighted by Crippen LogP contribution is 2.19. The molecule has 0 spiro atoms. The van der Waals surface area contributed by atoms with Crippen LogP contribution >= 0.6 is 0 Å². The number of H-pyrrole nitrogens is 1. The number of benzene rings is 1. The highest BCUT2D eigenvalue weighted by Gasteiger charge is 2.17. The predicted octanol–water partition coefficient (Wildman–Crippen LogP) is 2.65. The number of hydrogen-bond donors (Lipinski definition) is 1. The Balaban J connectivity index is 1.98. The van der Waals surface area contributed by atoms with E-state index in [9.17, 15) is 14.9 Å². The van der Waals surface area contributed by atoms with Crippen molar-refractivity contribution in [1.29, 1.82) is 0 Å². The molecule has 1 heterocycles. The first-order chi connectivity index (χ1) is 10.7. The van der Waals surface area contributed by atoms with Crippen molar-refractivity contribution in [3.8, 4) is 11.4 Å². The van der Waals surface area contributed by atoms with Gasteiger partial charge in [0.25, 0.3) is 5.69 Å². The van der Waals surface area contributed by atoms with E-state index >= 15 is 0 Å². The third kappa shape index (κ3) is 4.87. The number of carbonyl (C=O) groups is 1. The summed E-state index contributed by atoms with van der Waals surface area (Å²) in [6.45, 7) is 5.43. The zero-order valence-electron chi connectivity index (χ0n) is 13.2. The van der Waals surface area contributed by atoms with Gasteiger partial charge in [0.1, 0.15) is 5.60 Å². The second-order valence-corrected chi connectivity index (χ2v) is 5.99. The molecule has 0 aliphatic carbocycles. The van der Waals surface area contributed by atoms with E-state index in [4.69, 9.17) is 4.74 Å². The van der Waals surface area contributed by atoms with Gasteiger partial charge in [-0.15, -0.1) is 0 Å². The highest BCUT2D eigenvalue weighted by molar-refractivity contribution is 5.70. The number of non-ortho nitro benzene ring substituents is 1. The van der Waals surface area contributed by atoms with E-state index in [1.165, 1.54) is 12.1 Å². The van der Waals surface area contributed by atoms with Crippen molar-refractivity contribution in [3.63, 3.8) is 0 Å². The molecule has 2 rings (SSSR count). The standard InChI is InChI=1S/C15H18N4O4/c1-15(2,3)23-13(20)9-8-12-16-14(18-17-12)10-4-6-11(7-5-10)19(21)22/h4-7H,8-9H2,1-3H3,(H,16,17,18). The third-order valence-electron chi connectivity index (χ3n) is 2.86. The molecular weight excluding hydrogens is 300 g/mol. The molecule has 0 aliphatic rings. The first-order valence-corrected chi connectivity index (χ1v) is 7.12. The summed E-state index contributed by atoms with van der Waals surface area (Å²) >= 11 is 0. The first kappa shape index (κ1) is 16.6. The molecule has 0 saturated carbocycles. The topological polar surface area (TPSA) is 111 Å². The molecule has 8 heteroatoms. The van der Waals surface area contributed by atoms with Crippen molar-refractivity contribution in [2.45, 2.75) is 39.2 Å². The molecule has 0 unspecified atom stereocenters. The first-order valence-electron chi connectivity index (χ1n) is 7.12. The number of nitro benzene ring substituents is 1. The summed E-state index contributed by atoms with van der Waals surface area (Å²) in [5.74, 6) is 0.683. The molecule has 122 valence electrons. The number of aryl methyl sites for hydroxylation is 1. The molecule has 23 heavy (non-hydrogen) atoms. The van der Waals surface area contributed by atoms with Gasteiger partial charge in [-0.2, -0.15) is 5.10 Å². The molecule has 0 bridgehead atoms. The van der Waals surface area contributed by atoms with E-state index < -0.39 is 10.5 Å². The largest absolute Gasteiger partial charge is 0.460 e. The van der Waals surface area contributed by atoms with E-state index in [-0.39, 0.29) is 18.1 Å². The summed E-state index contributed by atoms with van der Waals surface area (Å²) in [5.41, 5.74) is 0.185. The molecule has 1 aromatic heterocycles. The van der Waals surface area contributed by atoms with Crippen molar-refractivity contribution in [2.24, 2.45) is 0 Å². The van der Waals surface area contributed by atoms with Crippen molar-refractivity contribution in [2.75, 3.05) is 0 Å². The lowest BCUT2D eigenvalue weighted by molar-refractivity contribution is -0.384. The summed E-state index contributed by atoms with van der Waals surface area (Å²) in [6, 6.07) is 5.99. The number of esters is 1. The predicted molar refractivity (Wildman–Crippen MR) is 82.6 cm³/mol. The fourth-order valence-corrected chi connectivity index (χ4v) is 1.88. The Bertz CT molecular complexity index is 701. The summed E-state index contributed by atoms with van der Waals surface area (Å²) in [6.07, 6.45) is 0.549. The van der Waals surface area contributed by atoms with Crippen LogP contribution in [0.3, 0.4) is 0 Å². The maximum Gasteiger partial charge on any atom is 0.306 e. The van der Waals surface area contributed by atoms with Crippen molar-refractivity contribution in [1.82, 2.24) is 15.2 Å². The van der Waals surface area contributed by atoms with Crippen LogP contribution in [0.25, 0.3) is 11.4 Å². The Morgan fingerprint density at radius 3 is 2.52 bits per heavy atom. The van der Waals surface area contributed by atoms with E-state index in [1.54, 1.807) is 12.1 Å². The van der Waals surface area contributed by atoms with Crippen molar-refractivity contribution < 1.29 is 14.5 Å². The SMILES string of the molecule is CC(C)(C)OC(=O)CCc1n[nH]c(-c2ccc([N+](=O)[O-])cc2)n1. The minimum Gasteiger partial charge on any atom is -0.460 e. The Morgan fingerprint density at radius 2 is 1.96 bits per heavy atom. The molecule has 8 nitrogen and oxygen atoms in total. The number of ether oxygens (including phenoxy) is 1. The number of rotatable bonds is 5. The van der Waals surface area contributed by atoms with Gasteiger partial charge in [-0.1, -0.05) is 0 Å². The van der Waals surface area contributed by atoms with E-state index in [1.807, 2.05) is 20.8 Å². The maximum atomic E-state index is 11.7. The van der Waals surface area contributed by atoms with Crippen molar-refractivity contribution >= 4 is 11.7 Å². The fraction of sp³-hybridized carbons (Fsp3) is 0.400. The zero-order chi connectivity index (χ0) is 17.0. The number of aromatic nitrogens is 3. The van der Waals surface area contributed by atoms with Crippen LogP contribution in [0.15, 0.2) is 24.3 Å². The molecule has 1 N–H and O–H groups in total. The van der Waals surface area contributed by atoms with Crippen LogP contribution in [-0.4, -0.2) is 31.7 Å². The van der Waals surface area contributed by atoms with E-state index in [0.29, 0.717) is 23.6 Å². The Hall–Kier alpha value is -2.77. The van der Waals surface area contributed by atoms with Gasteiger partial charge in [0.15, 0.2) is 11.6 Å². The molecule has 0 saturated heterocycles. The van der Waals surface area contributed by atoms with E-state index in [2.05, 4.69) is 15.2 Å². The summed E-state index contributed by atoms with van der Waals surface area (Å²) in [5, 5.41) is 17.4. The number of carbonyl (C=O) groups excluding carboxylic acids is 1. The number of nitro groups is 1. The number of nitrogens with one attached hydrogen (secondary N) is 1. The van der Waals surface area contributed by atoms with Crippen LogP contribution in [0.1, 0.15) is 33.0 Å². The smallest absolute Gasteiger partial charge is 0.306 e. The van der Waals surface area contributed by atoms with Gasteiger partial charge in [-0.05, 0) is 32.9 Å². The lowest BCUT2D eigenvalue weighted by atomic mass is 10.2. The van der Waals surface area contributed by atoms with Gasteiger partial charge in [-0.3, -0.25) is 20.0 Å². The average Bonchev–Trinajstić information content (AvgIpc) is 2.92. The molecule has 0 fully saturated rings. The number of hydrogen-bond acceptors (Lipinski definition) is 6. The van der Waals surface area contributed by atoms with Gasteiger partial charge in [0.2, 0.25) is 0 Å². The Labute approximate surface area is 133 Å². The van der Waals surface area contributed by atoms with Crippen LogP contribution < -0.4 is 0 Å². The molecule has 1 aromatic carbocycles. The van der Waals surface area contributed by atoms with Gasteiger partial charge < -0.3 is 4.74 Å². The number of nitrogens with zero attached hydrogens (tertiary/aromatic N) is 3. The van der Waals surface area contributed by atoms with Gasteiger partial charge in [-0.25, -0.2) is 4.98 Å². The normalized spacial score (nSPS) is 11.3. The molecule has 0 amide bonds. The van der Waals surface area contributed by atoms with Crippen LogP contribution in [0.5, 0.6) is 0 Å². The lowest BCUT2D eigenvalue weighted by Crippen LogP contribution is -2.24. The van der Waals surface area contributed by atoms with E-state index in [0.717, 1.165) is 0 Å². The summed E-state index contributed by atoms with van der Waals surface area (Å²) in [7, 11) is 0. The zero-order valence-corrected chi connectivity index (χ0v) is 13.2.